The molecular formula is C60H39NO. The van der Waals surface area contributed by atoms with Crippen molar-refractivity contribution in [2.75, 3.05) is 4.90 Å². The highest BCUT2D eigenvalue weighted by Gasteiger charge is 2.22. The minimum Gasteiger partial charge on any atom is -0.455 e. The second kappa shape index (κ2) is 14.8. The minimum atomic E-state index is 0.861. The highest BCUT2D eigenvalue weighted by atomic mass is 16.3. The highest BCUT2D eigenvalue weighted by Crippen LogP contribution is 2.48. The molecule has 0 saturated carbocycles. The third kappa shape index (κ3) is 5.96. The van der Waals surface area contributed by atoms with Gasteiger partial charge in [0.2, 0.25) is 0 Å². The maximum Gasteiger partial charge on any atom is 0.143 e. The molecule has 62 heavy (non-hydrogen) atoms. The summed E-state index contributed by atoms with van der Waals surface area (Å²) in [7, 11) is 0. The van der Waals surface area contributed by atoms with Crippen molar-refractivity contribution in [2.45, 2.75) is 0 Å². The van der Waals surface area contributed by atoms with Gasteiger partial charge in [0.1, 0.15) is 11.2 Å². The Labute approximate surface area is 360 Å². The van der Waals surface area contributed by atoms with Gasteiger partial charge in [-0.25, -0.2) is 0 Å². The van der Waals surface area contributed by atoms with E-state index in [0.29, 0.717) is 0 Å². The van der Waals surface area contributed by atoms with E-state index in [1.165, 1.54) is 54.9 Å². The molecular weight excluding hydrogens is 751 g/mol. The Hall–Kier alpha value is -8.20. The van der Waals surface area contributed by atoms with E-state index in [1.54, 1.807) is 0 Å². The van der Waals surface area contributed by atoms with Crippen LogP contribution in [0.4, 0.5) is 17.1 Å². The van der Waals surface area contributed by atoms with Crippen molar-refractivity contribution >= 4 is 71.3 Å². The molecule has 12 aromatic rings. The molecule has 1 aromatic heterocycles. The van der Waals surface area contributed by atoms with Crippen LogP contribution in [0.15, 0.2) is 241 Å². The molecule has 1 heterocycles. The quantitative estimate of drug-likeness (QED) is 0.150. The first-order valence-corrected chi connectivity index (χ1v) is 21.3. The Bertz CT molecular complexity index is 3610. The maximum absolute atomic E-state index is 6.73. The van der Waals surface area contributed by atoms with Crippen molar-refractivity contribution in [2.24, 2.45) is 0 Å². The third-order valence-electron chi connectivity index (χ3n) is 12.4. The van der Waals surface area contributed by atoms with E-state index >= 15 is 0 Å². The van der Waals surface area contributed by atoms with Crippen molar-refractivity contribution < 1.29 is 4.42 Å². The van der Waals surface area contributed by atoms with Gasteiger partial charge in [-0.1, -0.05) is 188 Å². The normalized spacial score (nSPS) is 11.5. The van der Waals surface area contributed by atoms with Gasteiger partial charge in [0, 0.05) is 22.1 Å². The summed E-state index contributed by atoms with van der Waals surface area (Å²) in [6.07, 6.45) is 0. The molecule has 0 bridgehead atoms. The van der Waals surface area contributed by atoms with Crippen LogP contribution in [0.3, 0.4) is 0 Å². The van der Waals surface area contributed by atoms with Crippen LogP contribution >= 0.6 is 0 Å². The first-order chi connectivity index (χ1) is 30.8. The van der Waals surface area contributed by atoms with Crippen LogP contribution in [-0.4, -0.2) is 0 Å². The molecule has 0 aliphatic carbocycles. The highest BCUT2D eigenvalue weighted by molar-refractivity contribution is 6.22. The number of hydrogen-bond acceptors (Lipinski definition) is 2. The van der Waals surface area contributed by atoms with Crippen LogP contribution in [0.25, 0.3) is 98.8 Å². The number of rotatable bonds is 7. The maximum atomic E-state index is 6.73. The lowest BCUT2D eigenvalue weighted by atomic mass is 9.84. The summed E-state index contributed by atoms with van der Waals surface area (Å²) in [5, 5.41) is 9.43. The van der Waals surface area contributed by atoms with E-state index in [4.69, 9.17) is 4.42 Å². The molecule has 0 amide bonds. The Balaban J connectivity index is 1.08. The second-order valence-corrected chi connectivity index (χ2v) is 16.0. The number of benzene rings is 11. The number of fused-ring (bicyclic) bond motifs is 8. The first kappa shape index (κ1) is 35.7. The van der Waals surface area contributed by atoms with E-state index in [0.717, 1.165) is 60.9 Å². The molecule has 0 unspecified atom stereocenters. The Kier molecular flexibility index (Phi) is 8.53. The molecule has 2 heteroatoms. The van der Waals surface area contributed by atoms with E-state index in [2.05, 4.69) is 241 Å². The average molecular weight is 790 g/mol. The van der Waals surface area contributed by atoms with E-state index in [1.807, 2.05) is 0 Å². The van der Waals surface area contributed by atoms with Crippen LogP contribution in [0, 0.1) is 0 Å². The standard InChI is InChI=1S/C60H39NO/c1-4-16-40(17-5-1)41-30-34-47(35-31-41)61(55-28-15-29-56-59(55)53-37-32-42-18-10-11-25-49(42)60(53)62-56)48-24-14-23-45(38-48)46-33-36-51-50-26-12-13-27-52(50)57(43-19-6-2-7-20-43)58(54(51)39-46)44-21-8-3-9-22-44/h1-39H. The number of hydrogen-bond donors (Lipinski definition) is 0. The van der Waals surface area contributed by atoms with Gasteiger partial charge in [-0.15, -0.1) is 0 Å². The zero-order valence-electron chi connectivity index (χ0n) is 33.9. The fourth-order valence-electron chi connectivity index (χ4n) is 9.59. The zero-order chi connectivity index (χ0) is 41.0. The molecule has 0 aliphatic rings. The summed E-state index contributed by atoms with van der Waals surface area (Å²) in [6, 6.07) is 85.4. The van der Waals surface area contributed by atoms with E-state index in [9.17, 15) is 0 Å². The Morgan fingerprint density at radius 2 is 0.823 bits per heavy atom. The number of nitrogens with zero attached hydrogens (tertiary/aromatic N) is 1. The molecule has 11 aromatic carbocycles. The van der Waals surface area contributed by atoms with Crippen molar-refractivity contribution in [3.05, 3.63) is 237 Å². The average Bonchev–Trinajstić information content (AvgIpc) is 3.75. The van der Waals surface area contributed by atoms with E-state index in [-0.39, 0.29) is 0 Å². The van der Waals surface area contributed by atoms with Crippen molar-refractivity contribution in [1.82, 2.24) is 0 Å². The number of furan rings is 1. The summed E-state index contributed by atoms with van der Waals surface area (Å²) in [5.41, 5.74) is 14.5. The fraction of sp³-hybridized carbons (Fsp3) is 0. The van der Waals surface area contributed by atoms with Gasteiger partial charge in [0.15, 0.2) is 0 Å². The van der Waals surface area contributed by atoms with Crippen LogP contribution in [0.2, 0.25) is 0 Å². The second-order valence-electron chi connectivity index (χ2n) is 16.0. The van der Waals surface area contributed by atoms with Gasteiger partial charge in [-0.3, -0.25) is 0 Å². The molecule has 0 N–H and O–H groups in total. The predicted octanol–water partition coefficient (Wildman–Crippen LogP) is 17.2. The molecule has 12 rings (SSSR count). The summed E-state index contributed by atoms with van der Waals surface area (Å²) in [4.78, 5) is 2.39. The molecule has 0 aliphatic heterocycles. The lowest BCUT2D eigenvalue weighted by Crippen LogP contribution is -2.10. The Morgan fingerprint density at radius 3 is 1.56 bits per heavy atom. The molecule has 0 spiro atoms. The summed E-state index contributed by atoms with van der Waals surface area (Å²) in [5.74, 6) is 0. The molecule has 2 nitrogen and oxygen atoms in total. The van der Waals surface area contributed by atoms with Crippen molar-refractivity contribution in [1.29, 1.82) is 0 Å². The largest absolute Gasteiger partial charge is 0.455 e. The molecule has 0 saturated heterocycles. The predicted molar refractivity (Wildman–Crippen MR) is 263 cm³/mol. The zero-order valence-corrected chi connectivity index (χ0v) is 33.9. The lowest BCUT2D eigenvalue weighted by molar-refractivity contribution is 0.672. The smallest absolute Gasteiger partial charge is 0.143 e. The third-order valence-corrected chi connectivity index (χ3v) is 12.4. The van der Waals surface area contributed by atoms with Gasteiger partial charge in [-0.05, 0) is 120 Å². The SMILES string of the molecule is c1ccc(-c2ccc(N(c3cccc(-c4ccc5c(c4)c(-c4ccccc4)c(-c4ccccc4)c4ccccc45)c3)c3cccc4oc5c6ccccc6ccc5c34)cc2)cc1. The van der Waals surface area contributed by atoms with E-state index < -0.39 is 0 Å². The topological polar surface area (TPSA) is 16.4 Å². The first-order valence-electron chi connectivity index (χ1n) is 21.3. The van der Waals surface area contributed by atoms with Gasteiger partial charge in [0.25, 0.3) is 0 Å². The van der Waals surface area contributed by atoms with Crippen LogP contribution in [0.1, 0.15) is 0 Å². The van der Waals surface area contributed by atoms with Gasteiger partial charge in [0.05, 0.1) is 11.1 Å². The van der Waals surface area contributed by atoms with Crippen LogP contribution < -0.4 is 4.90 Å². The molecule has 0 radical (unpaired) electrons. The Morgan fingerprint density at radius 1 is 0.290 bits per heavy atom. The molecule has 0 atom stereocenters. The van der Waals surface area contributed by atoms with Gasteiger partial charge < -0.3 is 9.32 Å². The fourth-order valence-corrected chi connectivity index (χ4v) is 9.59. The van der Waals surface area contributed by atoms with Crippen molar-refractivity contribution in [3.8, 4) is 44.5 Å². The van der Waals surface area contributed by atoms with Crippen LogP contribution in [-0.2, 0) is 0 Å². The summed E-state index contributed by atoms with van der Waals surface area (Å²) < 4.78 is 6.73. The molecule has 0 fully saturated rings. The van der Waals surface area contributed by atoms with Crippen molar-refractivity contribution in [3.63, 3.8) is 0 Å². The minimum absolute atomic E-state index is 0.861. The monoisotopic (exact) mass is 789 g/mol. The summed E-state index contributed by atoms with van der Waals surface area (Å²) in [6.45, 7) is 0. The molecule has 290 valence electrons. The summed E-state index contributed by atoms with van der Waals surface area (Å²) >= 11 is 0. The van der Waals surface area contributed by atoms with Gasteiger partial charge >= 0.3 is 0 Å². The lowest BCUT2D eigenvalue weighted by Gasteiger charge is -2.27. The number of anilines is 3. The van der Waals surface area contributed by atoms with Crippen LogP contribution in [0.5, 0.6) is 0 Å². The van der Waals surface area contributed by atoms with Gasteiger partial charge in [-0.2, -0.15) is 0 Å².